The monoisotopic (exact) mass is 245 g/mol. The van der Waals surface area contributed by atoms with Crippen molar-refractivity contribution in [3.63, 3.8) is 0 Å². The first-order valence-electron chi connectivity index (χ1n) is 6.89. The Balaban J connectivity index is 4.86. The first kappa shape index (κ1) is 15.4. The Labute approximate surface area is 99.7 Å². The normalized spacial score (nSPS) is 14.6. The van der Waals surface area contributed by atoms with Crippen molar-refractivity contribution in [2.75, 3.05) is 13.1 Å². The third-order valence-corrected chi connectivity index (χ3v) is 22.7. The second-order valence-electron chi connectivity index (χ2n) is 4.57. The van der Waals surface area contributed by atoms with Gasteiger partial charge >= 0.3 is 0 Å². The van der Waals surface area contributed by atoms with Crippen molar-refractivity contribution >= 4 is 16.1 Å². The lowest BCUT2D eigenvalue weighted by molar-refractivity contribution is 0.485. The molecule has 0 radical (unpaired) electrons. The van der Waals surface area contributed by atoms with Gasteiger partial charge in [0.2, 0.25) is 0 Å². The lowest BCUT2D eigenvalue weighted by Gasteiger charge is -2.42. The Morgan fingerprint density at radius 3 is 1.40 bits per heavy atom. The minimum absolute atomic E-state index is 0.606. The van der Waals surface area contributed by atoms with E-state index in [1.54, 1.807) is 0 Å². The summed E-state index contributed by atoms with van der Waals surface area (Å²) < 4.78 is 2.85. The molecule has 0 aliphatic carbocycles. The molecule has 1 nitrogen and oxygen atoms in total. The quantitative estimate of drug-likeness (QED) is 0.590. The van der Waals surface area contributed by atoms with Crippen LogP contribution in [0, 0.1) is 0 Å². The van der Waals surface area contributed by atoms with Gasteiger partial charge in [-0.25, -0.2) is 0 Å². The molecule has 0 amide bonds. The minimum Gasteiger partial charge on any atom is -0.329 e. The predicted molar refractivity (Wildman–Crippen MR) is 77.7 cm³/mol. The molecule has 0 heterocycles. The van der Waals surface area contributed by atoms with Crippen molar-refractivity contribution in [1.29, 1.82) is 0 Å². The number of hydrogen-bond donors (Lipinski definition) is 0. The van der Waals surface area contributed by atoms with Crippen molar-refractivity contribution in [2.45, 2.75) is 65.7 Å². The van der Waals surface area contributed by atoms with Crippen LogP contribution in [0.3, 0.4) is 0 Å². The highest BCUT2D eigenvalue weighted by Gasteiger charge is 2.39. The van der Waals surface area contributed by atoms with E-state index in [2.05, 4.69) is 46.1 Å². The van der Waals surface area contributed by atoms with Crippen LogP contribution in [-0.4, -0.2) is 33.7 Å². The van der Waals surface area contributed by atoms with E-state index in [0.717, 1.165) is 0 Å². The van der Waals surface area contributed by atoms with Gasteiger partial charge in [-0.2, -0.15) is 0 Å². The average molecular weight is 246 g/mol. The maximum atomic E-state index is 2.85. The molecule has 0 saturated carbocycles. The SMILES string of the molecule is CCN(CC)[SiH](CC)[Si](CC)(CC)CC. The van der Waals surface area contributed by atoms with E-state index < -0.39 is 16.1 Å². The van der Waals surface area contributed by atoms with Gasteiger partial charge in [0.15, 0.2) is 0 Å². The topological polar surface area (TPSA) is 3.24 Å². The largest absolute Gasteiger partial charge is 0.329 e. The van der Waals surface area contributed by atoms with Crippen molar-refractivity contribution in [1.82, 2.24) is 4.57 Å². The van der Waals surface area contributed by atoms with Gasteiger partial charge in [-0.1, -0.05) is 65.7 Å². The molecule has 0 fully saturated rings. The summed E-state index contributed by atoms with van der Waals surface area (Å²) in [6.07, 6.45) is 0. The van der Waals surface area contributed by atoms with E-state index >= 15 is 0 Å². The van der Waals surface area contributed by atoms with Crippen molar-refractivity contribution in [3.05, 3.63) is 0 Å². The molecule has 0 rings (SSSR count). The molecule has 92 valence electrons. The Hall–Kier alpha value is 0.394. The summed E-state index contributed by atoms with van der Waals surface area (Å²) >= 11 is 0. The molecule has 0 aliphatic heterocycles. The summed E-state index contributed by atoms with van der Waals surface area (Å²) in [4.78, 5) is 0. The third kappa shape index (κ3) is 3.43. The van der Waals surface area contributed by atoms with Crippen LogP contribution in [0.5, 0.6) is 0 Å². The van der Waals surface area contributed by atoms with Crippen LogP contribution in [0.25, 0.3) is 0 Å². The lowest BCUT2D eigenvalue weighted by Crippen LogP contribution is -2.59. The first-order chi connectivity index (χ1) is 7.15. The van der Waals surface area contributed by atoms with Crippen molar-refractivity contribution < 1.29 is 0 Å². The summed E-state index contributed by atoms with van der Waals surface area (Å²) in [5.41, 5.74) is 0. The summed E-state index contributed by atoms with van der Waals surface area (Å²) in [6, 6.07) is 6.03. The van der Waals surface area contributed by atoms with E-state index in [-0.39, 0.29) is 0 Å². The van der Waals surface area contributed by atoms with E-state index in [0.29, 0.717) is 0 Å². The maximum absolute atomic E-state index is 2.85. The molecule has 15 heavy (non-hydrogen) atoms. The molecule has 0 N–H and O–H groups in total. The fraction of sp³-hybridized carbons (Fsp3) is 1.00. The second-order valence-corrected chi connectivity index (χ2v) is 17.7. The van der Waals surface area contributed by atoms with E-state index in [1.165, 1.54) is 37.3 Å². The molecule has 1 unspecified atom stereocenters. The molecule has 0 aliphatic rings. The minimum atomic E-state index is -0.887. The maximum Gasteiger partial charge on any atom is 0.102 e. The Morgan fingerprint density at radius 2 is 1.20 bits per heavy atom. The second kappa shape index (κ2) is 7.63. The molecule has 0 aromatic carbocycles. The van der Waals surface area contributed by atoms with Gasteiger partial charge in [0.25, 0.3) is 0 Å². The van der Waals surface area contributed by atoms with Gasteiger partial charge in [0.1, 0.15) is 8.48 Å². The summed E-state index contributed by atoms with van der Waals surface area (Å²) in [7, 11) is -1.49. The van der Waals surface area contributed by atoms with E-state index in [1.807, 2.05) is 0 Å². The van der Waals surface area contributed by atoms with Crippen molar-refractivity contribution in [3.8, 4) is 0 Å². The lowest BCUT2D eigenvalue weighted by atomic mass is 10.7. The van der Waals surface area contributed by atoms with E-state index in [9.17, 15) is 0 Å². The Morgan fingerprint density at radius 1 is 0.800 bits per heavy atom. The first-order valence-corrected chi connectivity index (χ1v) is 12.7. The zero-order valence-corrected chi connectivity index (χ0v) is 13.9. The number of nitrogens with zero attached hydrogens (tertiary/aromatic N) is 1. The van der Waals surface area contributed by atoms with Crippen molar-refractivity contribution in [2.24, 2.45) is 0 Å². The zero-order chi connectivity index (χ0) is 11.9. The highest BCUT2D eigenvalue weighted by atomic mass is 29.2. The highest BCUT2D eigenvalue weighted by molar-refractivity contribution is 7.32. The molecular weight excluding hydrogens is 214 g/mol. The van der Waals surface area contributed by atoms with Crippen LogP contribution >= 0.6 is 0 Å². The zero-order valence-electron chi connectivity index (χ0n) is 11.8. The summed E-state index contributed by atoms with van der Waals surface area (Å²) in [6.45, 7) is 17.1. The van der Waals surface area contributed by atoms with Crippen LogP contribution in [0.15, 0.2) is 0 Å². The third-order valence-electron chi connectivity index (χ3n) is 4.46. The molecular formula is C12H31NSi2. The van der Waals surface area contributed by atoms with Gasteiger partial charge < -0.3 is 4.57 Å². The van der Waals surface area contributed by atoms with Gasteiger partial charge in [0.05, 0.1) is 7.59 Å². The summed E-state index contributed by atoms with van der Waals surface area (Å²) in [5, 5.41) is 0. The highest BCUT2D eigenvalue weighted by Crippen LogP contribution is 2.27. The fourth-order valence-electron chi connectivity index (χ4n) is 3.20. The fourth-order valence-corrected chi connectivity index (χ4v) is 19.4. The van der Waals surface area contributed by atoms with Crippen LogP contribution in [-0.2, 0) is 0 Å². The van der Waals surface area contributed by atoms with Crippen LogP contribution < -0.4 is 0 Å². The standard InChI is InChI=1S/C12H31NSi2/c1-7-13(8-2)14(9-3)15(10-4,11-5)12-6/h14H,7-12H2,1-6H3. The van der Waals surface area contributed by atoms with Gasteiger partial charge in [-0.05, 0) is 13.1 Å². The van der Waals surface area contributed by atoms with Gasteiger partial charge in [0, 0.05) is 0 Å². The predicted octanol–water partition coefficient (Wildman–Crippen LogP) is 3.66. The van der Waals surface area contributed by atoms with E-state index in [4.69, 9.17) is 0 Å². The Kier molecular flexibility index (Phi) is 7.83. The molecule has 0 aromatic heterocycles. The molecule has 1 atom stereocenters. The molecule has 0 saturated heterocycles. The van der Waals surface area contributed by atoms with Gasteiger partial charge in [-0.15, -0.1) is 0 Å². The van der Waals surface area contributed by atoms with Gasteiger partial charge in [-0.3, -0.25) is 0 Å². The van der Waals surface area contributed by atoms with Crippen LogP contribution in [0.2, 0.25) is 24.2 Å². The van der Waals surface area contributed by atoms with Crippen LogP contribution in [0.4, 0.5) is 0 Å². The molecule has 0 bridgehead atoms. The van der Waals surface area contributed by atoms with Crippen LogP contribution in [0.1, 0.15) is 41.5 Å². The summed E-state index contributed by atoms with van der Waals surface area (Å²) in [5.74, 6) is 0. The molecule has 0 aromatic rings. The smallest absolute Gasteiger partial charge is 0.102 e. The number of rotatable bonds is 8. The Bertz CT molecular complexity index is 145. The molecule has 3 heteroatoms. The number of hydrogen-bond acceptors (Lipinski definition) is 1. The average Bonchev–Trinajstić information content (AvgIpc) is 2.30. The molecule has 0 spiro atoms.